The Morgan fingerprint density at radius 3 is 2.84 bits per heavy atom. The molecule has 19 heavy (non-hydrogen) atoms. The van der Waals surface area contributed by atoms with Crippen molar-refractivity contribution in [1.82, 2.24) is 9.88 Å². The largest absolute Gasteiger partial charge is 0.380 e. The minimum atomic E-state index is 0.0174. The van der Waals surface area contributed by atoms with Crippen molar-refractivity contribution in [3.8, 4) is 0 Å². The van der Waals surface area contributed by atoms with Crippen LogP contribution in [0.15, 0.2) is 18.3 Å². The molecule has 5 heteroatoms. The Balaban J connectivity index is 2.70. The van der Waals surface area contributed by atoms with Crippen LogP contribution in [0.5, 0.6) is 0 Å². The summed E-state index contributed by atoms with van der Waals surface area (Å²) in [4.78, 5) is 18.3. The summed E-state index contributed by atoms with van der Waals surface area (Å²) in [5, 5.41) is 3.11. The first-order chi connectivity index (χ1) is 9.22. The van der Waals surface area contributed by atoms with Gasteiger partial charge in [0.2, 0.25) is 0 Å². The molecule has 0 fully saturated rings. The molecule has 0 radical (unpaired) electrons. The van der Waals surface area contributed by atoms with E-state index in [0.29, 0.717) is 31.9 Å². The number of ether oxygens (including phenoxy) is 1. The zero-order chi connectivity index (χ0) is 14.1. The Labute approximate surface area is 115 Å². The molecule has 0 aliphatic heterocycles. The van der Waals surface area contributed by atoms with Gasteiger partial charge >= 0.3 is 0 Å². The third-order valence-corrected chi connectivity index (χ3v) is 2.74. The fraction of sp³-hybridized carbons (Fsp3) is 0.571. The van der Waals surface area contributed by atoms with E-state index in [1.54, 1.807) is 23.2 Å². The molecule has 0 atom stereocenters. The molecule has 0 aromatic carbocycles. The molecule has 0 aliphatic carbocycles. The second kappa shape index (κ2) is 8.48. The van der Waals surface area contributed by atoms with Gasteiger partial charge in [-0.2, -0.15) is 0 Å². The third kappa shape index (κ3) is 4.87. The van der Waals surface area contributed by atoms with Gasteiger partial charge in [-0.1, -0.05) is 0 Å². The maximum Gasteiger partial charge on any atom is 0.254 e. The summed E-state index contributed by atoms with van der Waals surface area (Å²) in [6.07, 6.45) is 1.65. The van der Waals surface area contributed by atoms with Crippen molar-refractivity contribution >= 4 is 11.7 Å². The van der Waals surface area contributed by atoms with Gasteiger partial charge < -0.3 is 15.0 Å². The molecule has 1 N–H and O–H groups in total. The highest BCUT2D eigenvalue weighted by molar-refractivity contribution is 5.94. The average molecular weight is 265 g/mol. The molecule has 1 aromatic rings. The molecule has 1 aromatic heterocycles. The monoisotopic (exact) mass is 265 g/mol. The van der Waals surface area contributed by atoms with E-state index in [0.717, 1.165) is 12.4 Å². The molecule has 0 bridgehead atoms. The summed E-state index contributed by atoms with van der Waals surface area (Å²) in [5.74, 6) is 0.748. The number of amides is 1. The number of nitrogens with zero attached hydrogens (tertiary/aromatic N) is 2. The molecule has 5 nitrogen and oxygen atoms in total. The van der Waals surface area contributed by atoms with Crippen LogP contribution in [-0.2, 0) is 4.74 Å². The number of hydrogen-bond donors (Lipinski definition) is 1. The summed E-state index contributed by atoms with van der Waals surface area (Å²) in [7, 11) is 0. The van der Waals surface area contributed by atoms with Crippen molar-refractivity contribution in [3.05, 3.63) is 23.9 Å². The first kappa shape index (κ1) is 15.4. The number of pyridine rings is 1. The maximum absolute atomic E-state index is 12.3. The highest BCUT2D eigenvalue weighted by Gasteiger charge is 2.14. The number of hydrogen-bond acceptors (Lipinski definition) is 4. The summed E-state index contributed by atoms with van der Waals surface area (Å²) < 4.78 is 5.30. The van der Waals surface area contributed by atoms with Gasteiger partial charge in [0.25, 0.3) is 5.91 Å². The predicted octanol–water partition coefficient (Wildman–Crippen LogP) is 2.01. The van der Waals surface area contributed by atoms with E-state index in [9.17, 15) is 4.79 Å². The van der Waals surface area contributed by atoms with Gasteiger partial charge in [-0.05, 0) is 32.9 Å². The smallest absolute Gasteiger partial charge is 0.254 e. The second-order valence-corrected chi connectivity index (χ2v) is 4.04. The molecular weight excluding hydrogens is 242 g/mol. The average Bonchev–Trinajstić information content (AvgIpc) is 2.44. The van der Waals surface area contributed by atoms with E-state index in [2.05, 4.69) is 10.3 Å². The second-order valence-electron chi connectivity index (χ2n) is 4.04. The fourth-order valence-corrected chi connectivity index (χ4v) is 1.75. The highest BCUT2D eigenvalue weighted by atomic mass is 16.5. The van der Waals surface area contributed by atoms with Crippen LogP contribution < -0.4 is 5.32 Å². The molecule has 0 saturated carbocycles. The standard InChI is InChI=1S/C14H23N3O2/c1-4-15-13-11-12(7-8-16-13)14(18)17(5-2)9-10-19-6-3/h7-8,11H,4-6,9-10H2,1-3H3,(H,15,16). The van der Waals surface area contributed by atoms with E-state index in [-0.39, 0.29) is 5.91 Å². The van der Waals surface area contributed by atoms with Crippen LogP contribution in [-0.4, -0.2) is 48.6 Å². The van der Waals surface area contributed by atoms with Crippen LogP contribution >= 0.6 is 0 Å². The van der Waals surface area contributed by atoms with Gasteiger partial charge in [-0.25, -0.2) is 4.98 Å². The van der Waals surface area contributed by atoms with Crippen LogP contribution in [0.4, 0.5) is 5.82 Å². The molecular formula is C14H23N3O2. The van der Waals surface area contributed by atoms with Crippen molar-refractivity contribution in [1.29, 1.82) is 0 Å². The summed E-state index contributed by atoms with van der Waals surface area (Å²) in [6, 6.07) is 3.53. The molecule has 106 valence electrons. The molecule has 1 rings (SSSR count). The molecule has 0 unspecified atom stereocenters. The quantitative estimate of drug-likeness (QED) is 0.731. The van der Waals surface area contributed by atoms with Crippen molar-refractivity contribution in [2.75, 3.05) is 38.2 Å². The first-order valence-electron chi connectivity index (χ1n) is 6.79. The van der Waals surface area contributed by atoms with Gasteiger partial charge in [0, 0.05) is 38.0 Å². The summed E-state index contributed by atoms with van der Waals surface area (Å²) in [5.41, 5.74) is 0.657. The van der Waals surface area contributed by atoms with E-state index >= 15 is 0 Å². The number of anilines is 1. The lowest BCUT2D eigenvalue weighted by molar-refractivity contribution is 0.0669. The van der Waals surface area contributed by atoms with Crippen LogP contribution in [0.3, 0.4) is 0 Å². The number of carbonyl (C=O) groups excluding carboxylic acids is 1. The lowest BCUT2D eigenvalue weighted by atomic mass is 10.2. The Morgan fingerprint density at radius 1 is 1.42 bits per heavy atom. The lowest BCUT2D eigenvalue weighted by Crippen LogP contribution is -2.34. The lowest BCUT2D eigenvalue weighted by Gasteiger charge is -2.21. The molecule has 0 spiro atoms. The van der Waals surface area contributed by atoms with Gasteiger partial charge in [-0.15, -0.1) is 0 Å². The topological polar surface area (TPSA) is 54.5 Å². The Kier molecular flexibility index (Phi) is 6.89. The summed E-state index contributed by atoms with van der Waals surface area (Å²) in [6.45, 7) is 9.22. The number of nitrogens with one attached hydrogen (secondary N) is 1. The van der Waals surface area contributed by atoms with Crippen molar-refractivity contribution < 1.29 is 9.53 Å². The highest BCUT2D eigenvalue weighted by Crippen LogP contribution is 2.09. The van der Waals surface area contributed by atoms with Crippen LogP contribution in [0.1, 0.15) is 31.1 Å². The van der Waals surface area contributed by atoms with Crippen molar-refractivity contribution in [2.24, 2.45) is 0 Å². The van der Waals surface area contributed by atoms with Crippen molar-refractivity contribution in [3.63, 3.8) is 0 Å². The number of likely N-dealkylation sites (N-methyl/N-ethyl adjacent to an activating group) is 1. The van der Waals surface area contributed by atoms with E-state index in [1.165, 1.54) is 0 Å². The first-order valence-corrected chi connectivity index (χ1v) is 6.79. The van der Waals surface area contributed by atoms with Gasteiger partial charge in [0.1, 0.15) is 5.82 Å². The van der Waals surface area contributed by atoms with E-state index in [4.69, 9.17) is 4.74 Å². The number of rotatable bonds is 8. The van der Waals surface area contributed by atoms with E-state index in [1.807, 2.05) is 20.8 Å². The minimum absolute atomic E-state index is 0.0174. The van der Waals surface area contributed by atoms with E-state index < -0.39 is 0 Å². The Hall–Kier alpha value is -1.62. The Bertz CT molecular complexity index is 396. The predicted molar refractivity (Wildman–Crippen MR) is 76.5 cm³/mol. The van der Waals surface area contributed by atoms with Crippen LogP contribution in [0, 0.1) is 0 Å². The Morgan fingerprint density at radius 2 is 2.21 bits per heavy atom. The van der Waals surface area contributed by atoms with Gasteiger partial charge in [0.15, 0.2) is 0 Å². The molecule has 1 amide bonds. The molecule has 0 saturated heterocycles. The zero-order valence-corrected chi connectivity index (χ0v) is 12.0. The van der Waals surface area contributed by atoms with Crippen LogP contribution in [0.25, 0.3) is 0 Å². The van der Waals surface area contributed by atoms with Gasteiger partial charge in [0.05, 0.1) is 6.61 Å². The number of aromatic nitrogens is 1. The zero-order valence-electron chi connectivity index (χ0n) is 12.0. The molecule has 0 aliphatic rings. The SMILES string of the molecule is CCNc1cc(C(=O)N(CC)CCOCC)ccn1. The van der Waals surface area contributed by atoms with Crippen LogP contribution in [0.2, 0.25) is 0 Å². The normalized spacial score (nSPS) is 10.3. The minimum Gasteiger partial charge on any atom is -0.380 e. The summed E-state index contributed by atoms with van der Waals surface area (Å²) >= 11 is 0. The maximum atomic E-state index is 12.3. The fourth-order valence-electron chi connectivity index (χ4n) is 1.75. The third-order valence-electron chi connectivity index (χ3n) is 2.74. The van der Waals surface area contributed by atoms with Gasteiger partial charge in [-0.3, -0.25) is 4.79 Å². The number of carbonyl (C=O) groups is 1. The molecule has 1 heterocycles. The van der Waals surface area contributed by atoms with Crippen molar-refractivity contribution in [2.45, 2.75) is 20.8 Å².